The molecule has 0 aliphatic rings. The van der Waals surface area contributed by atoms with E-state index in [0.29, 0.717) is 27.8 Å². The molecule has 2 N–H and O–H groups in total. The minimum atomic E-state index is -0.187. The van der Waals surface area contributed by atoms with Crippen LogP contribution in [0.4, 0.5) is 0 Å². The van der Waals surface area contributed by atoms with Crippen LogP contribution < -0.4 is 10.9 Å². The molecular formula is C16H19N3O2S. The third-order valence-electron chi connectivity index (χ3n) is 3.55. The maximum Gasteiger partial charge on any atom is 0.262 e. The molecule has 0 spiro atoms. The summed E-state index contributed by atoms with van der Waals surface area (Å²) in [6.07, 6.45) is 2.47. The minimum Gasteiger partial charge on any atom is -0.350 e. The van der Waals surface area contributed by atoms with Crippen molar-refractivity contribution >= 4 is 29.0 Å². The Balaban J connectivity index is 2.50. The monoisotopic (exact) mass is 317 g/mol. The number of benzene rings is 1. The number of aromatic amines is 1. The Bertz CT molecular complexity index is 835. The first-order chi connectivity index (χ1) is 10.5. The lowest BCUT2D eigenvalue weighted by Gasteiger charge is -2.12. The van der Waals surface area contributed by atoms with Crippen LogP contribution in [0.5, 0.6) is 0 Å². The van der Waals surface area contributed by atoms with Crippen LogP contribution in [0.3, 0.4) is 0 Å². The smallest absolute Gasteiger partial charge is 0.262 e. The van der Waals surface area contributed by atoms with Crippen molar-refractivity contribution in [1.82, 2.24) is 14.9 Å². The Kier molecular flexibility index (Phi) is 4.92. The topological polar surface area (TPSA) is 66.9 Å². The van der Waals surface area contributed by atoms with Gasteiger partial charge in [-0.15, -0.1) is 6.58 Å². The van der Waals surface area contributed by atoms with E-state index >= 15 is 0 Å². The summed E-state index contributed by atoms with van der Waals surface area (Å²) in [5, 5.41) is 3.39. The van der Waals surface area contributed by atoms with Gasteiger partial charge in [0.2, 0.25) is 0 Å². The number of hydrogen-bond donors (Lipinski definition) is 2. The highest BCUT2D eigenvalue weighted by Crippen LogP contribution is 2.11. The van der Waals surface area contributed by atoms with Crippen molar-refractivity contribution in [3.8, 4) is 0 Å². The van der Waals surface area contributed by atoms with Crippen molar-refractivity contribution in [3.05, 3.63) is 51.5 Å². The molecule has 0 saturated carbocycles. The first kappa shape index (κ1) is 16.2. The van der Waals surface area contributed by atoms with Gasteiger partial charge in [0.1, 0.15) is 0 Å². The second kappa shape index (κ2) is 6.70. The van der Waals surface area contributed by atoms with Crippen molar-refractivity contribution in [2.24, 2.45) is 0 Å². The van der Waals surface area contributed by atoms with Crippen LogP contribution in [0.25, 0.3) is 10.9 Å². The molecule has 0 aliphatic heterocycles. The Morgan fingerprint density at radius 3 is 2.91 bits per heavy atom. The predicted molar refractivity (Wildman–Crippen MR) is 90.8 cm³/mol. The maximum atomic E-state index is 12.4. The van der Waals surface area contributed by atoms with Crippen LogP contribution in [-0.2, 0) is 6.54 Å². The minimum absolute atomic E-state index is 0.0993. The first-order valence-electron chi connectivity index (χ1n) is 7.16. The van der Waals surface area contributed by atoms with Crippen molar-refractivity contribution in [3.63, 3.8) is 0 Å². The summed E-state index contributed by atoms with van der Waals surface area (Å²) in [7, 11) is 0. The number of amides is 1. The summed E-state index contributed by atoms with van der Waals surface area (Å²) in [4.78, 5) is 27.5. The van der Waals surface area contributed by atoms with E-state index in [2.05, 4.69) is 16.9 Å². The van der Waals surface area contributed by atoms with E-state index < -0.39 is 0 Å². The molecule has 22 heavy (non-hydrogen) atoms. The molecule has 0 fully saturated rings. The summed E-state index contributed by atoms with van der Waals surface area (Å²) >= 11 is 5.19. The van der Waals surface area contributed by atoms with E-state index in [0.717, 1.165) is 6.42 Å². The number of aromatic nitrogens is 2. The lowest BCUT2D eigenvalue weighted by atomic mass is 10.1. The maximum absolute atomic E-state index is 12.4. The van der Waals surface area contributed by atoms with Crippen LogP contribution in [0.1, 0.15) is 30.6 Å². The van der Waals surface area contributed by atoms with Gasteiger partial charge in [-0.3, -0.25) is 14.2 Å². The lowest BCUT2D eigenvalue weighted by Crippen LogP contribution is -2.32. The SMILES string of the molecule is C=CCn1c(=S)[nH]c2cc(C(=O)NC(C)CC)ccc2c1=O. The Labute approximate surface area is 133 Å². The fourth-order valence-electron chi connectivity index (χ4n) is 2.10. The lowest BCUT2D eigenvalue weighted by molar-refractivity contribution is 0.0939. The molecule has 6 heteroatoms. The summed E-state index contributed by atoms with van der Waals surface area (Å²) in [6.45, 7) is 7.92. The van der Waals surface area contributed by atoms with E-state index in [-0.39, 0.29) is 17.5 Å². The first-order valence-corrected chi connectivity index (χ1v) is 7.57. The van der Waals surface area contributed by atoms with Crippen LogP contribution in [0.2, 0.25) is 0 Å². The number of H-pyrrole nitrogens is 1. The molecule has 1 atom stereocenters. The number of carbonyl (C=O) groups is 1. The van der Waals surface area contributed by atoms with Gasteiger partial charge in [-0.1, -0.05) is 13.0 Å². The van der Waals surface area contributed by atoms with Crippen molar-refractivity contribution < 1.29 is 4.79 Å². The van der Waals surface area contributed by atoms with Crippen LogP contribution in [-0.4, -0.2) is 21.5 Å². The summed E-state index contributed by atoms with van der Waals surface area (Å²) in [5.41, 5.74) is 0.874. The molecule has 1 unspecified atom stereocenters. The zero-order valence-electron chi connectivity index (χ0n) is 12.7. The summed E-state index contributed by atoms with van der Waals surface area (Å²) in [5.74, 6) is -0.161. The third-order valence-corrected chi connectivity index (χ3v) is 3.87. The molecule has 0 aliphatic carbocycles. The Hall–Kier alpha value is -2.21. The van der Waals surface area contributed by atoms with Crippen molar-refractivity contribution in [1.29, 1.82) is 0 Å². The van der Waals surface area contributed by atoms with Gasteiger partial charge >= 0.3 is 0 Å². The zero-order valence-corrected chi connectivity index (χ0v) is 13.5. The largest absolute Gasteiger partial charge is 0.350 e. The van der Waals surface area contributed by atoms with Crippen LogP contribution in [0, 0.1) is 4.77 Å². The van der Waals surface area contributed by atoms with Crippen LogP contribution in [0.15, 0.2) is 35.6 Å². The molecule has 2 rings (SSSR count). The number of hydrogen-bond acceptors (Lipinski definition) is 3. The van der Waals surface area contributed by atoms with Gasteiger partial charge in [-0.25, -0.2) is 0 Å². The standard InChI is InChI=1S/C16H19N3O2S/c1-4-8-19-15(21)12-7-6-11(9-13(12)18-16(19)22)14(20)17-10(3)5-2/h4,6-7,9-10H,1,5,8H2,2-3H3,(H,17,20)(H,18,22). The molecular weight excluding hydrogens is 298 g/mol. The van der Waals surface area contributed by atoms with Gasteiger partial charge in [-0.2, -0.15) is 0 Å². The van der Waals surface area contributed by atoms with Crippen molar-refractivity contribution in [2.45, 2.75) is 32.9 Å². The summed E-state index contributed by atoms with van der Waals surface area (Å²) in [6, 6.07) is 5.05. The van der Waals surface area contributed by atoms with Gasteiger partial charge in [0, 0.05) is 18.2 Å². The molecule has 0 saturated heterocycles. The van der Waals surface area contributed by atoms with E-state index in [1.807, 2.05) is 13.8 Å². The second-order valence-corrected chi connectivity index (χ2v) is 5.56. The average Bonchev–Trinajstić information content (AvgIpc) is 2.50. The third kappa shape index (κ3) is 3.17. The molecule has 1 aromatic heterocycles. The average molecular weight is 317 g/mol. The molecule has 1 aromatic carbocycles. The highest BCUT2D eigenvalue weighted by Gasteiger charge is 2.11. The van der Waals surface area contributed by atoms with E-state index in [9.17, 15) is 9.59 Å². The number of fused-ring (bicyclic) bond motifs is 1. The quantitative estimate of drug-likeness (QED) is 0.658. The van der Waals surface area contributed by atoms with E-state index in [4.69, 9.17) is 12.2 Å². The van der Waals surface area contributed by atoms with Gasteiger partial charge in [-0.05, 0) is 43.8 Å². The number of allylic oxidation sites excluding steroid dienone is 1. The molecule has 1 amide bonds. The predicted octanol–water partition coefficient (Wildman–Crippen LogP) is 2.77. The Morgan fingerprint density at radius 1 is 1.55 bits per heavy atom. The molecule has 1 heterocycles. The van der Waals surface area contributed by atoms with Gasteiger partial charge in [0.15, 0.2) is 4.77 Å². The molecule has 5 nitrogen and oxygen atoms in total. The Morgan fingerprint density at radius 2 is 2.27 bits per heavy atom. The summed E-state index contributed by atoms with van der Waals surface area (Å²) < 4.78 is 1.75. The van der Waals surface area contributed by atoms with E-state index in [1.54, 1.807) is 24.3 Å². The highest BCUT2D eigenvalue weighted by atomic mass is 32.1. The van der Waals surface area contributed by atoms with Crippen molar-refractivity contribution in [2.75, 3.05) is 0 Å². The second-order valence-electron chi connectivity index (χ2n) is 5.18. The van der Waals surface area contributed by atoms with Gasteiger partial charge in [0.05, 0.1) is 10.9 Å². The number of nitrogens with zero attached hydrogens (tertiary/aromatic N) is 1. The number of rotatable bonds is 5. The molecule has 0 bridgehead atoms. The molecule has 0 radical (unpaired) electrons. The van der Waals surface area contributed by atoms with Crippen LogP contribution >= 0.6 is 12.2 Å². The number of nitrogens with one attached hydrogen (secondary N) is 2. The highest BCUT2D eigenvalue weighted by molar-refractivity contribution is 7.71. The van der Waals surface area contributed by atoms with Gasteiger partial charge < -0.3 is 10.3 Å². The molecule has 116 valence electrons. The zero-order chi connectivity index (χ0) is 16.3. The fourth-order valence-corrected chi connectivity index (χ4v) is 2.37. The normalized spacial score (nSPS) is 12.1. The van der Waals surface area contributed by atoms with E-state index in [1.165, 1.54) is 4.57 Å². The number of carbonyl (C=O) groups excluding carboxylic acids is 1. The molecule has 2 aromatic rings. The fraction of sp³-hybridized carbons (Fsp3) is 0.312. The van der Waals surface area contributed by atoms with Gasteiger partial charge in [0.25, 0.3) is 11.5 Å².